The molecule has 0 spiro atoms. The third kappa shape index (κ3) is 13.8. The molecular weight excluding hydrogens is 1440 g/mol. The minimum absolute atomic E-state index is 0.000637. The number of nitrogens with one attached hydrogen (secondary N) is 9. The number of nitrogens with two attached hydrogens (primary N) is 3. The van der Waals surface area contributed by atoms with Gasteiger partial charge in [0.2, 0.25) is 33.3 Å². The van der Waals surface area contributed by atoms with E-state index >= 15 is 0 Å². The topological polar surface area (TPSA) is 443 Å². The number of aryl methyl sites for hydroxylation is 2. The summed E-state index contributed by atoms with van der Waals surface area (Å²) in [5.74, 6) is 1.09. The number of fused-ring (bicyclic) bond motifs is 3. The molecule has 0 unspecified atom stereocenters. The number of nitrogens with zero attached hydrogens (tertiary/aromatic N) is 6. The molecule has 0 aliphatic heterocycles. The van der Waals surface area contributed by atoms with E-state index in [1.54, 1.807) is 32.9 Å². The molecule has 0 bridgehead atoms. The highest BCUT2D eigenvalue weighted by Gasteiger charge is 2.24. The lowest BCUT2D eigenvalue weighted by molar-refractivity contribution is 1.26. The number of hydrogen-bond donors (Lipinski definition) is 12. The molecule has 6 aliphatic carbocycles. The van der Waals surface area contributed by atoms with E-state index in [1.807, 2.05) is 92.7 Å². The standard InChI is InChI=1S/2C28H20N6O4.C27H18N6O4/c1-13-7-9-15(10-8-13)31-28-24(30-3)14(2)23(27(29)32-28)34-33-17-6-4-5-16-20(17)26(38)22-19(36)12-11-18(35)21(22)25(16)37;1-13-7-9-15(10-8-13)31-28-24(14(2)23(30-3)27(29)32-28)34-33-17-6-4-5-16-20(17)26(38)22-19(36)12-11-18(35)21(22)25(16)37;1-13-22(26(28)31-27(23(13)29-2)30-14-7-4-3-5-8-14)33-32-16-10-6-9-15-19(16)25(37)21-18(35)12-11-17(34)20(21)24(15)36/h2*4-12,33-34H,1-2H3,(H3,29,31,32);3-12,32-33H,1H3,(H3,28,30,31). The maximum absolute atomic E-state index is 13.4. The molecule has 30 nitrogen and oxygen atoms in total. The van der Waals surface area contributed by atoms with Crippen molar-refractivity contribution in [2.45, 2.75) is 34.6 Å². The summed E-state index contributed by atoms with van der Waals surface area (Å²) in [5, 5.41) is 6.68. The van der Waals surface area contributed by atoms with Gasteiger partial charge in [0.1, 0.15) is 29.1 Å². The molecule has 113 heavy (non-hydrogen) atoms. The zero-order valence-electron chi connectivity index (χ0n) is 60.0. The van der Waals surface area contributed by atoms with Crippen LogP contribution >= 0.6 is 0 Å². The molecule has 3 heterocycles. The quantitative estimate of drug-likeness (QED) is 0.0336. The Bertz CT molecular complexity index is 7610. The van der Waals surface area contributed by atoms with Gasteiger partial charge in [0.25, 0.3) is 0 Å². The van der Waals surface area contributed by atoms with Crippen LogP contribution in [-0.2, 0) is 0 Å². The van der Waals surface area contributed by atoms with Crippen molar-refractivity contribution in [2.75, 3.05) is 65.7 Å². The van der Waals surface area contributed by atoms with Crippen molar-refractivity contribution < 1.29 is 0 Å². The summed E-state index contributed by atoms with van der Waals surface area (Å²) in [5.41, 5.74) is 35.5. The van der Waals surface area contributed by atoms with E-state index < -0.39 is 96.5 Å². The molecular formula is C83H58N18O12. The summed E-state index contributed by atoms with van der Waals surface area (Å²) >= 11 is 0. The van der Waals surface area contributed by atoms with Crippen LogP contribution in [0.4, 0.5) is 103 Å². The van der Waals surface area contributed by atoms with Crippen molar-refractivity contribution in [1.82, 2.24) is 15.0 Å². The number of benzene rings is 6. The number of rotatable bonds is 15. The maximum Gasteiger partial charge on any atom is 0.233 e. The molecule has 3 aromatic heterocycles. The van der Waals surface area contributed by atoms with E-state index in [0.29, 0.717) is 39.6 Å². The summed E-state index contributed by atoms with van der Waals surface area (Å²) in [4.78, 5) is 177. The molecule has 552 valence electrons. The lowest BCUT2D eigenvalue weighted by Crippen LogP contribution is -2.28. The molecule has 6 aliphatic rings. The van der Waals surface area contributed by atoms with Crippen LogP contribution in [-0.4, -0.2) is 15.0 Å². The number of pyridine rings is 3. The van der Waals surface area contributed by atoms with Crippen molar-refractivity contribution in [3.63, 3.8) is 0 Å². The predicted molar refractivity (Wildman–Crippen MR) is 439 cm³/mol. The Morgan fingerprint density at radius 2 is 0.566 bits per heavy atom. The summed E-state index contributed by atoms with van der Waals surface area (Å²) in [7, 11) is 0. The fourth-order valence-electron chi connectivity index (χ4n) is 13.0. The Kier molecular flexibility index (Phi) is 20.0. The Morgan fingerprint density at radius 1 is 0.283 bits per heavy atom. The largest absolute Gasteiger partial charge is 0.392 e. The van der Waals surface area contributed by atoms with Gasteiger partial charge in [-0.3, -0.25) is 73.8 Å². The first-order chi connectivity index (χ1) is 54.2. The first-order valence-corrected chi connectivity index (χ1v) is 34.0. The Balaban J connectivity index is 0.000000148. The summed E-state index contributed by atoms with van der Waals surface area (Å²) < 4.78 is 0. The molecule has 9 aromatic rings. The molecule has 15 rings (SSSR count). The minimum Gasteiger partial charge on any atom is -0.392 e. The number of para-hydroxylation sites is 1. The fourth-order valence-corrected chi connectivity index (χ4v) is 13.0. The van der Waals surface area contributed by atoms with E-state index in [-0.39, 0.29) is 95.5 Å². The van der Waals surface area contributed by atoms with Crippen LogP contribution in [0.15, 0.2) is 227 Å². The number of hydrazine groups is 3. The summed E-state index contributed by atoms with van der Waals surface area (Å²) in [6.45, 7) is 31.9. The molecule has 15 N–H and O–H groups in total. The average Bonchev–Trinajstić information content (AvgIpc) is 0.747. The zero-order chi connectivity index (χ0) is 80.5. The van der Waals surface area contributed by atoms with Crippen LogP contribution in [0, 0.1) is 85.6 Å². The number of aromatic nitrogens is 3. The lowest BCUT2D eigenvalue weighted by atomic mass is 10.0. The van der Waals surface area contributed by atoms with Gasteiger partial charge in [-0.2, -0.15) is 0 Å². The van der Waals surface area contributed by atoms with E-state index in [1.165, 1.54) is 42.5 Å². The summed E-state index contributed by atoms with van der Waals surface area (Å²) in [6.07, 6.45) is 0. The van der Waals surface area contributed by atoms with Gasteiger partial charge in [-0.25, -0.2) is 29.5 Å². The number of hydrogen-bond acceptors (Lipinski definition) is 27. The average molecular weight is 1500 g/mol. The van der Waals surface area contributed by atoms with Gasteiger partial charge in [-0.1, -0.05) is 90.0 Å². The minimum atomic E-state index is -0.732. The van der Waals surface area contributed by atoms with Gasteiger partial charge in [0.05, 0.1) is 101 Å². The number of anilines is 15. The molecule has 0 fully saturated rings. The lowest BCUT2D eigenvalue weighted by Gasteiger charge is -2.19. The second-order valence-electron chi connectivity index (χ2n) is 25.7. The maximum atomic E-state index is 13.4. The Labute approximate surface area is 633 Å². The molecule has 0 atom stereocenters. The first-order valence-electron chi connectivity index (χ1n) is 34.0. The monoisotopic (exact) mass is 1500 g/mol. The van der Waals surface area contributed by atoms with E-state index in [2.05, 4.69) is 78.0 Å². The SMILES string of the molecule is [C-]#[N+]c1c(N)nc(Nc2ccc(C)cc2)c(NNc2cccc3c(=O)c4c(=O)ccc(=O)c=4c(=O)c23)c1C.[C-]#[N+]c1c(Nc2ccc(C)cc2)nc(N)c(NNc2cccc3c(=O)c4c(=O)ccc(=O)c=4c(=O)c23)c1C.[C-]#[N+]c1c(Nc2ccccc2)nc(N)c(NNc2cccc3c(=O)c4c(=O)ccc(=O)c=4c(=O)c23)c1C. The highest BCUT2D eigenvalue weighted by molar-refractivity contribution is 5.98. The van der Waals surface area contributed by atoms with Gasteiger partial charge in [0, 0.05) is 33.2 Å². The highest BCUT2D eigenvalue weighted by Crippen LogP contribution is 2.41. The Hall–Kier alpha value is -16.7. The zero-order valence-corrected chi connectivity index (χ0v) is 60.0. The summed E-state index contributed by atoms with van der Waals surface area (Å²) in [6, 6.07) is 43.8. The third-order valence-electron chi connectivity index (χ3n) is 18.7. The van der Waals surface area contributed by atoms with E-state index in [0.717, 1.165) is 64.6 Å². The van der Waals surface area contributed by atoms with Crippen LogP contribution in [0.1, 0.15) is 27.8 Å². The van der Waals surface area contributed by atoms with Crippen molar-refractivity contribution >= 4 is 135 Å². The van der Waals surface area contributed by atoms with Gasteiger partial charge in [0.15, 0.2) is 54.7 Å². The van der Waals surface area contributed by atoms with Gasteiger partial charge in [-0.05, 0) is 142 Å². The predicted octanol–water partition coefficient (Wildman–Crippen LogP) is 9.32. The van der Waals surface area contributed by atoms with Crippen molar-refractivity contribution in [3.8, 4) is 0 Å². The molecule has 0 amide bonds. The molecule has 0 saturated heterocycles. The molecule has 0 radical (unpaired) electrons. The van der Waals surface area contributed by atoms with Crippen molar-refractivity contribution in [1.29, 1.82) is 0 Å². The van der Waals surface area contributed by atoms with Gasteiger partial charge < -0.3 is 49.4 Å². The second-order valence-corrected chi connectivity index (χ2v) is 25.7. The van der Waals surface area contributed by atoms with E-state index in [9.17, 15) is 57.5 Å². The first kappa shape index (κ1) is 74.6. The van der Waals surface area contributed by atoms with Crippen LogP contribution < -0.4 is 131 Å². The molecule has 0 saturated carbocycles. The van der Waals surface area contributed by atoms with E-state index in [4.69, 9.17) is 36.9 Å². The second kappa shape index (κ2) is 30.3. The Morgan fingerprint density at radius 3 is 0.894 bits per heavy atom. The molecule has 6 aromatic carbocycles. The number of nitrogen functional groups attached to an aromatic ring is 3. The fraction of sp³-hybridized carbons (Fsp3) is 0.0602. The van der Waals surface area contributed by atoms with Gasteiger partial charge >= 0.3 is 0 Å². The molecule has 30 heteroatoms. The normalized spacial score (nSPS) is 10.8. The van der Waals surface area contributed by atoms with Crippen molar-refractivity contribution in [2.24, 2.45) is 0 Å². The smallest absolute Gasteiger partial charge is 0.233 e. The van der Waals surface area contributed by atoms with Crippen LogP contribution in [0.25, 0.3) is 46.9 Å². The van der Waals surface area contributed by atoms with Crippen LogP contribution in [0.3, 0.4) is 0 Å². The van der Waals surface area contributed by atoms with Crippen LogP contribution in [0.5, 0.6) is 0 Å². The third-order valence-corrected chi connectivity index (χ3v) is 18.7. The highest BCUT2D eigenvalue weighted by atomic mass is 16.2. The van der Waals surface area contributed by atoms with Gasteiger partial charge in [-0.15, -0.1) is 0 Å². The van der Waals surface area contributed by atoms with Crippen molar-refractivity contribution in [3.05, 3.63) is 386 Å². The van der Waals surface area contributed by atoms with Crippen LogP contribution in [0.2, 0.25) is 0 Å².